The molecule has 6 heteroatoms. The average Bonchev–Trinajstić information content (AvgIpc) is 3.25. The lowest BCUT2D eigenvalue weighted by Crippen LogP contribution is -2.29. The highest BCUT2D eigenvalue weighted by Gasteiger charge is 2.41. The molecule has 1 aliphatic heterocycles. The third-order valence-corrected chi connectivity index (χ3v) is 6.00. The molecule has 1 aliphatic rings. The van der Waals surface area contributed by atoms with E-state index in [4.69, 9.17) is 17.0 Å². The number of nitrogens with one attached hydrogen (secondary N) is 1. The highest BCUT2D eigenvalue weighted by Crippen LogP contribution is 2.44. The molecular formula is C20H19N3OS2. The zero-order chi connectivity index (χ0) is 18.1. The number of anilines is 1. The maximum Gasteiger partial charge on any atom is 0.174 e. The summed E-state index contributed by atoms with van der Waals surface area (Å²) < 4.78 is 5.41. The van der Waals surface area contributed by atoms with Gasteiger partial charge in [-0.15, -0.1) is 11.3 Å². The minimum absolute atomic E-state index is 0.00717. The van der Waals surface area contributed by atoms with Crippen molar-refractivity contribution in [1.29, 1.82) is 0 Å². The van der Waals surface area contributed by atoms with E-state index < -0.39 is 0 Å². The van der Waals surface area contributed by atoms with Crippen molar-refractivity contribution in [3.8, 4) is 5.75 Å². The van der Waals surface area contributed by atoms with Gasteiger partial charge in [0.25, 0.3) is 0 Å². The van der Waals surface area contributed by atoms with Gasteiger partial charge in [-0.25, -0.2) is 0 Å². The molecule has 4 rings (SSSR count). The van der Waals surface area contributed by atoms with Crippen molar-refractivity contribution in [3.05, 3.63) is 76.2 Å². The molecule has 4 nitrogen and oxygen atoms in total. The zero-order valence-electron chi connectivity index (χ0n) is 14.5. The van der Waals surface area contributed by atoms with Crippen molar-refractivity contribution in [1.82, 2.24) is 10.3 Å². The van der Waals surface area contributed by atoms with Crippen LogP contribution in [0.1, 0.15) is 28.2 Å². The predicted molar refractivity (Wildman–Crippen MR) is 110 cm³/mol. The molecule has 1 N–H and O–H groups in total. The Bertz CT molecular complexity index is 926. The molecule has 3 aromatic rings. The lowest BCUT2D eigenvalue weighted by molar-refractivity contribution is 0.415. The van der Waals surface area contributed by atoms with Gasteiger partial charge in [0.15, 0.2) is 5.11 Å². The Morgan fingerprint density at radius 3 is 2.77 bits per heavy atom. The maximum atomic E-state index is 5.72. The van der Waals surface area contributed by atoms with Crippen LogP contribution in [0.25, 0.3) is 0 Å². The van der Waals surface area contributed by atoms with Gasteiger partial charge < -0.3 is 15.0 Å². The van der Waals surface area contributed by atoms with Crippen LogP contribution in [0.5, 0.6) is 5.75 Å². The van der Waals surface area contributed by atoms with Gasteiger partial charge in [-0.05, 0) is 60.4 Å². The summed E-state index contributed by atoms with van der Waals surface area (Å²) in [6.07, 6.45) is 1.83. The first-order valence-electron chi connectivity index (χ1n) is 8.37. The van der Waals surface area contributed by atoms with Crippen LogP contribution in [-0.4, -0.2) is 17.2 Å². The van der Waals surface area contributed by atoms with E-state index in [0.29, 0.717) is 5.11 Å². The molecule has 0 saturated carbocycles. The van der Waals surface area contributed by atoms with Crippen LogP contribution in [0.15, 0.2) is 60.1 Å². The van der Waals surface area contributed by atoms with Crippen LogP contribution in [-0.2, 0) is 0 Å². The molecule has 3 heterocycles. The van der Waals surface area contributed by atoms with Gasteiger partial charge in [0.1, 0.15) is 5.75 Å². The van der Waals surface area contributed by atoms with Crippen molar-refractivity contribution in [2.24, 2.45) is 0 Å². The highest BCUT2D eigenvalue weighted by molar-refractivity contribution is 7.80. The third-order valence-electron chi connectivity index (χ3n) is 4.60. The lowest BCUT2D eigenvalue weighted by Gasteiger charge is -2.27. The second kappa shape index (κ2) is 7.05. The van der Waals surface area contributed by atoms with E-state index in [9.17, 15) is 0 Å². The number of nitrogens with zero attached hydrogens (tertiary/aromatic N) is 2. The van der Waals surface area contributed by atoms with E-state index in [1.165, 1.54) is 10.4 Å². The molecule has 2 atom stereocenters. The number of methoxy groups -OCH3 is 1. The first kappa shape index (κ1) is 17.0. The number of ether oxygens (including phenoxy) is 1. The average molecular weight is 382 g/mol. The predicted octanol–water partition coefficient (Wildman–Crippen LogP) is 4.64. The molecule has 0 aliphatic carbocycles. The fourth-order valence-electron chi connectivity index (χ4n) is 3.35. The number of thiophene rings is 1. The van der Waals surface area contributed by atoms with Crippen molar-refractivity contribution in [2.75, 3.05) is 12.0 Å². The SMILES string of the molecule is COc1cccc(N2C(=S)N[C@H](c3ccccn3)[C@@H]2c2sccc2C)c1. The van der Waals surface area contributed by atoms with E-state index in [0.717, 1.165) is 17.1 Å². The molecular weight excluding hydrogens is 362 g/mol. The Morgan fingerprint density at radius 2 is 2.08 bits per heavy atom. The van der Waals surface area contributed by atoms with E-state index in [2.05, 4.69) is 39.6 Å². The minimum Gasteiger partial charge on any atom is -0.497 e. The Balaban J connectivity index is 1.84. The monoisotopic (exact) mass is 381 g/mol. The van der Waals surface area contributed by atoms with E-state index >= 15 is 0 Å². The summed E-state index contributed by atoms with van der Waals surface area (Å²) >= 11 is 7.48. The molecule has 0 bridgehead atoms. The van der Waals surface area contributed by atoms with Crippen LogP contribution in [0.4, 0.5) is 5.69 Å². The number of pyridine rings is 1. The molecule has 1 fully saturated rings. The van der Waals surface area contributed by atoms with Gasteiger partial charge in [-0.3, -0.25) is 4.98 Å². The normalized spacial score (nSPS) is 19.5. The smallest absolute Gasteiger partial charge is 0.174 e. The van der Waals surface area contributed by atoms with Crippen molar-refractivity contribution >= 4 is 34.4 Å². The Labute approximate surface area is 162 Å². The Morgan fingerprint density at radius 1 is 1.19 bits per heavy atom. The standard InChI is InChI=1S/C20H19N3OS2/c1-13-9-11-26-19(13)18-17(16-8-3-4-10-21-16)22-20(25)23(18)14-6-5-7-15(12-14)24-2/h3-12,17-18H,1-2H3,(H,22,25)/t17-,18-/m1/s1. The van der Waals surface area contributed by atoms with E-state index in [1.54, 1.807) is 18.4 Å². The molecule has 2 aromatic heterocycles. The second-order valence-electron chi connectivity index (χ2n) is 6.17. The number of aryl methyl sites for hydroxylation is 1. The second-order valence-corrected chi connectivity index (χ2v) is 7.50. The lowest BCUT2D eigenvalue weighted by atomic mass is 10.0. The van der Waals surface area contributed by atoms with Crippen LogP contribution < -0.4 is 15.0 Å². The number of benzene rings is 1. The summed E-state index contributed by atoms with van der Waals surface area (Å²) in [5, 5.41) is 6.31. The van der Waals surface area contributed by atoms with Gasteiger partial charge in [0.05, 0.1) is 24.9 Å². The van der Waals surface area contributed by atoms with Crippen LogP contribution in [0.3, 0.4) is 0 Å². The first-order valence-corrected chi connectivity index (χ1v) is 9.66. The molecule has 26 heavy (non-hydrogen) atoms. The number of hydrogen-bond donors (Lipinski definition) is 1. The molecule has 0 radical (unpaired) electrons. The Hall–Kier alpha value is -2.44. The summed E-state index contributed by atoms with van der Waals surface area (Å²) in [5.74, 6) is 0.813. The van der Waals surface area contributed by atoms with E-state index in [-0.39, 0.29) is 12.1 Å². The van der Waals surface area contributed by atoms with Crippen molar-refractivity contribution < 1.29 is 4.74 Å². The first-order chi connectivity index (χ1) is 12.7. The molecule has 132 valence electrons. The highest BCUT2D eigenvalue weighted by atomic mass is 32.1. The van der Waals surface area contributed by atoms with Gasteiger partial charge >= 0.3 is 0 Å². The van der Waals surface area contributed by atoms with Gasteiger partial charge in [-0.2, -0.15) is 0 Å². The summed E-state index contributed by atoms with van der Waals surface area (Å²) in [6, 6.07) is 16.2. The zero-order valence-corrected chi connectivity index (χ0v) is 16.2. The fourth-order valence-corrected chi connectivity index (χ4v) is 4.75. The van der Waals surface area contributed by atoms with Gasteiger partial charge in [0.2, 0.25) is 0 Å². The molecule has 0 amide bonds. The fraction of sp³-hybridized carbons (Fsp3) is 0.200. The van der Waals surface area contributed by atoms with Crippen LogP contribution >= 0.6 is 23.6 Å². The maximum absolute atomic E-state index is 5.72. The van der Waals surface area contributed by atoms with Crippen molar-refractivity contribution in [3.63, 3.8) is 0 Å². The number of hydrogen-bond acceptors (Lipinski definition) is 4. The largest absolute Gasteiger partial charge is 0.497 e. The van der Waals surface area contributed by atoms with Crippen LogP contribution in [0.2, 0.25) is 0 Å². The molecule has 1 aromatic carbocycles. The van der Waals surface area contributed by atoms with Gasteiger partial charge in [-0.1, -0.05) is 12.1 Å². The third kappa shape index (κ3) is 2.95. The summed E-state index contributed by atoms with van der Waals surface area (Å²) in [6.45, 7) is 2.15. The van der Waals surface area contributed by atoms with Gasteiger partial charge in [0, 0.05) is 22.8 Å². The Kier molecular flexibility index (Phi) is 4.61. The summed E-state index contributed by atoms with van der Waals surface area (Å²) in [5.41, 5.74) is 3.26. The summed E-state index contributed by atoms with van der Waals surface area (Å²) in [4.78, 5) is 8.04. The number of rotatable bonds is 4. The van der Waals surface area contributed by atoms with Crippen LogP contribution in [0, 0.1) is 6.92 Å². The minimum atomic E-state index is -0.00717. The molecule has 1 saturated heterocycles. The quantitative estimate of drug-likeness (QED) is 0.667. The molecule has 0 unspecified atom stereocenters. The summed E-state index contributed by atoms with van der Waals surface area (Å²) in [7, 11) is 1.68. The van der Waals surface area contributed by atoms with E-state index in [1.807, 2.05) is 42.6 Å². The molecule has 0 spiro atoms. The number of thiocarbonyl (C=S) groups is 1. The number of aromatic nitrogens is 1. The van der Waals surface area contributed by atoms with Crippen molar-refractivity contribution in [2.45, 2.75) is 19.0 Å². The topological polar surface area (TPSA) is 37.4 Å².